The van der Waals surface area contributed by atoms with Crippen LogP contribution in [-0.4, -0.2) is 25.5 Å². The first-order chi connectivity index (χ1) is 8.34. The zero-order valence-electron chi connectivity index (χ0n) is 10.1. The van der Waals surface area contributed by atoms with Gasteiger partial charge >= 0.3 is 0 Å². The van der Waals surface area contributed by atoms with Gasteiger partial charge in [0, 0.05) is 13.0 Å². The van der Waals surface area contributed by atoms with Gasteiger partial charge in [0.15, 0.2) is 0 Å². The van der Waals surface area contributed by atoms with Gasteiger partial charge in [0.05, 0.1) is 0 Å². The van der Waals surface area contributed by atoms with E-state index < -0.39 is 0 Å². The van der Waals surface area contributed by atoms with Crippen molar-refractivity contribution in [2.75, 3.05) is 19.6 Å². The topological polar surface area (TPSA) is 41.1 Å². The lowest BCUT2D eigenvalue weighted by atomic mass is 10.0. The Bertz CT molecular complexity index is 331. The van der Waals surface area contributed by atoms with E-state index in [1.165, 1.54) is 12.0 Å². The quantitative estimate of drug-likeness (QED) is 0.810. The van der Waals surface area contributed by atoms with Crippen LogP contribution in [0.2, 0.25) is 0 Å². The summed E-state index contributed by atoms with van der Waals surface area (Å²) in [4.78, 5) is 11.6. The number of carbonyl (C=O) groups is 1. The predicted molar refractivity (Wildman–Crippen MR) is 71.2 cm³/mol. The molecule has 1 aromatic rings. The Labute approximate surface area is 107 Å². The average Bonchev–Trinajstić information content (AvgIpc) is 2.99. The van der Waals surface area contributed by atoms with Crippen molar-refractivity contribution in [2.24, 2.45) is 5.92 Å². The normalized spacial score (nSPS) is 19.4. The van der Waals surface area contributed by atoms with Gasteiger partial charge in [-0.1, -0.05) is 0 Å². The first-order valence-electron chi connectivity index (χ1n) is 6.33. The van der Waals surface area contributed by atoms with Crippen LogP contribution < -0.4 is 10.6 Å². The highest BCUT2D eigenvalue weighted by atomic mass is 32.1. The van der Waals surface area contributed by atoms with E-state index in [9.17, 15) is 4.79 Å². The highest BCUT2D eigenvalue weighted by Gasteiger charge is 2.15. The number of nitrogens with one attached hydrogen (secondary N) is 2. The molecule has 1 saturated heterocycles. The largest absolute Gasteiger partial charge is 0.356 e. The lowest BCUT2D eigenvalue weighted by Gasteiger charge is -2.08. The van der Waals surface area contributed by atoms with Gasteiger partial charge in [-0.05, 0) is 60.7 Å². The molecule has 0 aliphatic carbocycles. The van der Waals surface area contributed by atoms with Crippen LogP contribution in [0.4, 0.5) is 0 Å². The molecule has 1 atom stereocenters. The molecule has 0 bridgehead atoms. The minimum absolute atomic E-state index is 0.201. The van der Waals surface area contributed by atoms with Crippen molar-refractivity contribution < 1.29 is 4.79 Å². The first-order valence-corrected chi connectivity index (χ1v) is 7.27. The van der Waals surface area contributed by atoms with Crippen molar-refractivity contribution in [1.82, 2.24) is 10.6 Å². The van der Waals surface area contributed by atoms with Gasteiger partial charge in [-0.3, -0.25) is 4.79 Å². The van der Waals surface area contributed by atoms with Crippen molar-refractivity contribution in [2.45, 2.75) is 25.7 Å². The smallest absolute Gasteiger partial charge is 0.220 e. The number of carbonyl (C=O) groups excluding carboxylic acids is 1. The van der Waals surface area contributed by atoms with Crippen LogP contribution in [0.3, 0.4) is 0 Å². The fraction of sp³-hybridized carbons (Fsp3) is 0.615. The third-order valence-corrected chi connectivity index (χ3v) is 3.99. The van der Waals surface area contributed by atoms with E-state index in [4.69, 9.17) is 0 Å². The van der Waals surface area contributed by atoms with Gasteiger partial charge < -0.3 is 10.6 Å². The molecule has 17 heavy (non-hydrogen) atoms. The van der Waals surface area contributed by atoms with Crippen molar-refractivity contribution in [3.8, 4) is 0 Å². The number of thiophene rings is 1. The summed E-state index contributed by atoms with van der Waals surface area (Å²) in [5, 5.41) is 10.5. The molecule has 1 aliphatic heterocycles. The third kappa shape index (κ3) is 4.48. The molecular formula is C13H20N2OS. The van der Waals surface area contributed by atoms with Crippen LogP contribution in [0.1, 0.15) is 24.8 Å². The third-order valence-electron chi connectivity index (χ3n) is 3.26. The molecule has 2 rings (SSSR count). The lowest BCUT2D eigenvalue weighted by Crippen LogP contribution is -2.26. The molecule has 1 amide bonds. The Hall–Kier alpha value is -0.870. The predicted octanol–water partition coefficient (Wildman–Crippen LogP) is 1.80. The molecule has 0 spiro atoms. The zero-order valence-corrected chi connectivity index (χ0v) is 10.9. The minimum atomic E-state index is 0.201. The summed E-state index contributed by atoms with van der Waals surface area (Å²) < 4.78 is 0. The van der Waals surface area contributed by atoms with Gasteiger partial charge in [-0.15, -0.1) is 0 Å². The number of hydrogen-bond donors (Lipinski definition) is 2. The Morgan fingerprint density at radius 3 is 3.24 bits per heavy atom. The Morgan fingerprint density at radius 1 is 1.59 bits per heavy atom. The van der Waals surface area contributed by atoms with Gasteiger partial charge in [0.1, 0.15) is 0 Å². The molecule has 1 fully saturated rings. The monoisotopic (exact) mass is 252 g/mol. The number of rotatable bonds is 6. The maximum absolute atomic E-state index is 11.6. The van der Waals surface area contributed by atoms with Gasteiger partial charge in [0.25, 0.3) is 0 Å². The Balaban J connectivity index is 1.54. The van der Waals surface area contributed by atoms with E-state index in [0.717, 1.165) is 32.5 Å². The molecule has 1 unspecified atom stereocenters. The SMILES string of the molecule is O=C(CCC1CCNC1)NCCc1ccsc1. The van der Waals surface area contributed by atoms with Crippen LogP contribution >= 0.6 is 11.3 Å². The maximum atomic E-state index is 11.6. The van der Waals surface area contributed by atoms with Crippen LogP contribution in [0, 0.1) is 5.92 Å². The molecule has 0 aromatic carbocycles. The van der Waals surface area contributed by atoms with Crippen molar-refractivity contribution >= 4 is 17.2 Å². The molecule has 1 aliphatic rings. The second-order valence-corrected chi connectivity index (χ2v) is 5.41. The molecule has 4 heteroatoms. The van der Waals surface area contributed by atoms with E-state index in [-0.39, 0.29) is 5.91 Å². The summed E-state index contributed by atoms with van der Waals surface area (Å²) >= 11 is 1.71. The molecule has 0 saturated carbocycles. The highest BCUT2D eigenvalue weighted by Crippen LogP contribution is 2.13. The van der Waals surface area contributed by atoms with Gasteiger partial charge in [-0.25, -0.2) is 0 Å². The number of hydrogen-bond acceptors (Lipinski definition) is 3. The fourth-order valence-electron chi connectivity index (χ4n) is 2.17. The van der Waals surface area contributed by atoms with Crippen molar-refractivity contribution in [1.29, 1.82) is 0 Å². The summed E-state index contributed by atoms with van der Waals surface area (Å²) in [6, 6.07) is 2.11. The summed E-state index contributed by atoms with van der Waals surface area (Å²) in [5.74, 6) is 0.907. The van der Waals surface area contributed by atoms with Crippen LogP contribution in [0.15, 0.2) is 16.8 Å². The lowest BCUT2D eigenvalue weighted by molar-refractivity contribution is -0.121. The van der Waals surface area contributed by atoms with Gasteiger partial charge in [-0.2, -0.15) is 11.3 Å². The van der Waals surface area contributed by atoms with Crippen LogP contribution in [0.25, 0.3) is 0 Å². The molecule has 2 N–H and O–H groups in total. The summed E-state index contributed by atoms with van der Waals surface area (Å²) in [6.45, 7) is 2.96. The average molecular weight is 252 g/mol. The van der Waals surface area contributed by atoms with Crippen LogP contribution in [-0.2, 0) is 11.2 Å². The maximum Gasteiger partial charge on any atom is 0.220 e. The molecule has 1 aromatic heterocycles. The van der Waals surface area contributed by atoms with E-state index in [0.29, 0.717) is 12.3 Å². The molecular weight excluding hydrogens is 232 g/mol. The zero-order chi connectivity index (χ0) is 11.9. The second kappa shape index (κ2) is 6.77. The van der Waals surface area contributed by atoms with Crippen LogP contribution in [0.5, 0.6) is 0 Å². The van der Waals surface area contributed by atoms with Gasteiger partial charge in [0.2, 0.25) is 5.91 Å². The van der Waals surface area contributed by atoms with E-state index in [1.807, 2.05) is 0 Å². The molecule has 2 heterocycles. The Kier molecular flexibility index (Phi) is 5.01. The van der Waals surface area contributed by atoms with Crippen molar-refractivity contribution in [3.63, 3.8) is 0 Å². The minimum Gasteiger partial charge on any atom is -0.356 e. The van der Waals surface area contributed by atoms with Crippen molar-refractivity contribution in [3.05, 3.63) is 22.4 Å². The molecule has 94 valence electrons. The van der Waals surface area contributed by atoms with E-state index >= 15 is 0 Å². The summed E-state index contributed by atoms with van der Waals surface area (Å²) in [5.41, 5.74) is 1.32. The fourth-order valence-corrected chi connectivity index (χ4v) is 2.87. The summed E-state index contributed by atoms with van der Waals surface area (Å²) in [7, 11) is 0. The molecule has 0 radical (unpaired) electrons. The second-order valence-electron chi connectivity index (χ2n) is 4.63. The standard InChI is InChI=1S/C13H20N2OS/c16-13(2-1-11-3-6-14-9-11)15-7-4-12-5-8-17-10-12/h5,8,10-11,14H,1-4,6-7,9H2,(H,15,16). The number of amides is 1. The summed E-state index contributed by atoms with van der Waals surface area (Å²) in [6.07, 6.45) is 3.87. The first kappa shape index (κ1) is 12.6. The Morgan fingerprint density at radius 2 is 2.53 bits per heavy atom. The highest BCUT2D eigenvalue weighted by molar-refractivity contribution is 7.07. The van der Waals surface area contributed by atoms with E-state index in [2.05, 4.69) is 27.5 Å². The molecule has 3 nitrogen and oxygen atoms in total. The van der Waals surface area contributed by atoms with E-state index in [1.54, 1.807) is 11.3 Å².